The molecule has 1 aliphatic rings. The van der Waals surface area contributed by atoms with Crippen molar-refractivity contribution in [3.05, 3.63) is 0 Å². The number of carbonyl (C=O) groups is 2. The number of rotatable bonds is 7. The van der Waals surface area contributed by atoms with E-state index < -0.39 is 6.09 Å². The summed E-state index contributed by atoms with van der Waals surface area (Å²) in [5.41, 5.74) is 5.61. The van der Waals surface area contributed by atoms with Crippen molar-refractivity contribution in [1.82, 2.24) is 5.01 Å². The lowest BCUT2D eigenvalue weighted by molar-refractivity contribution is -0.129. The zero-order chi connectivity index (χ0) is 13.5. The predicted octanol–water partition coefficient (Wildman–Crippen LogP) is 1.50. The molecule has 1 aliphatic heterocycles. The molecular weight excluding hydrogens is 234 g/mol. The maximum absolute atomic E-state index is 11.7. The number of hydrogen-bond acceptors (Lipinski definition) is 4. The molecule has 102 valence electrons. The van der Waals surface area contributed by atoms with Crippen molar-refractivity contribution in [3.63, 3.8) is 0 Å². The van der Waals surface area contributed by atoms with E-state index in [0.717, 1.165) is 18.6 Å². The highest BCUT2D eigenvalue weighted by Crippen LogP contribution is 2.16. The molecule has 2 N–H and O–H groups in total. The summed E-state index contributed by atoms with van der Waals surface area (Å²) >= 11 is 0. The summed E-state index contributed by atoms with van der Waals surface area (Å²) < 4.78 is 4.63. The Hall–Kier alpha value is -1.59. The first-order valence-electron chi connectivity index (χ1n) is 6.35. The lowest BCUT2D eigenvalue weighted by Gasteiger charge is -2.18. The van der Waals surface area contributed by atoms with Gasteiger partial charge in [0.25, 0.3) is 0 Å². The minimum Gasteiger partial charge on any atom is -0.449 e. The van der Waals surface area contributed by atoms with Crippen molar-refractivity contribution in [2.45, 2.75) is 39.5 Å². The van der Waals surface area contributed by atoms with Gasteiger partial charge in [-0.15, -0.1) is 0 Å². The highest BCUT2D eigenvalue weighted by Gasteiger charge is 2.25. The Morgan fingerprint density at radius 1 is 1.50 bits per heavy atom. The molecule has 0 fully saturated rings. The summed E-state index contributed by atoms with van der Waals surface area (Å²) in [6, 6.07) is 0. The highest BCUT2D eigenvalue weighted by molar-refractivity contribution is 6.04. The van der Waals surface area contributed by atoms with Gasteiger partial charge < -0.3 is 10.5 Å². The van der Waals surface area contributed by atoms with Crippen LogP contribution in [0, 0.1) is 5.92 Å². The highest BCUT2D eigenvalue weighted by atomic mass is 16.5. The van der Waals surface area contributed by atoms with Crippen LogP contribution in [-0.2, 0) is 9.53 Å². The number of hydrazone groups is 1. The molecule has 0 bridgehead atoms. The number of carbonyl (C=O) groups excluding carboxylic acids is 2. The van der Waals surface area contributed by atoms with E-state index in [1.807, 2.05) is 0 Å². The van der Waals surface area contributed by atoms with Gasteiger partial charge in [0.05, 0.1) is 18.7 Å². The van der Waals surface area contributed by atoms with Crippen molar-refractivity contribution in [3.8, 4) is 0 Å². The van der Waals surface area contributed by atoms with Crippen LogP contribution in [0.3, 0.4) is 0 Å². The summed E-state index contributed by atoms with van der Waals surface area (Å²) in [7, 11) is 0. The summed E-state index contributed by atoms with van der Waals surface area (Å²) in [6.07, 6.45) is 2.07. The van der Waals surface area contributed by atoms with Crippen LogP contribution in [0.1, 0.15) is 39.5 Å². The van der Waals surface area contributed by atoms with E-state index in [0.29, 0.717) is 25.3 Å². The van der Waals surface area contributed by atoms with Gasteiger partial charge in [0.2, 0.25) is 5.91 Å². The molecule has 0 aromatic rings. The molecule has 1 heterocycles. The molecule has 2 amide bonds. The average Bonchev–Trinajstić information content (AvgIpc) is 2.66. The Morgan fingerprint density at radius 2 is 2.17 bits per heavy atom. The molecule has 0 saturated carbocycles. The van der Waals surface area contributed by atoms with Gasteiger partial charge >= 0.3 is 6.09 Å². The minimum atomic E-state index is -0.797. The normalized spacial score (nSPS) is 15.2. The molecule has 1 rings (SSSR count). The summed E-state index contributed by atoms with van der Waals surface area (Å²) in [5, 5.41) is 5.81. The van der Waals surface area contributed by atoms with Crippen LogP contribution in [0.5, 0.6) is 0 Å². The summed E-state index contributed by atoms with van der Waals surface area (Å²) in [5.74, 6) is 0.509. The van der Waals surface area contributed by atoms with E-state index in [4.69, 9.17) is 5.73 Å². The van der Waals surface area contributed by atoms with Crippen molar-refractivity contribution in [2.75, 3.05) is 13.2 Å². The van der Waals surface area contributed by atoms with Gasteiger partial charge in [-0.2, -0.15) is 5.10 Å². The van der Waals surface area contributed by atoms with E-state index in [2.05, 4.69) is 23.7 Å². The molecule has 6 heteroatoms. The van der Waals surface area contributed by atoms with E-state index in [-0.39, 0.29) is 12.5 Å². The molecule has 0 aliphatic carbocycles. The van der Waals surface area contributed by atoms with E-state index in [1.54, 1.807) is 0 Å². The monoisotopic (exact) mass is 255 g/mol. The zero-order valence-corrected chi connectivity index (χ0v) is 11.0. The molecule has 0 spiro atoms. The largest absolute Gasteiger partial charge is 0.449 e. The lowest BCUT2D eigenvalue weighted by atomic mass is 10.0. The molecule has 0 aromatic heterocycles. The second-order valence-electron chi connectivity index (χ2n) is 4.42. The number of primary amides is 1. The van der Waals surface area contributed by atoms with Crippen LogP contribution in [0.2, 0.25) is 0 Å². The third-order valence-corrected chi connectivity index (χ3v) is 3.13. The first-order chi connectivity index (χ1) is 8.56. The number of nitrogens with zero attached hydrogens (tertiary/aromatic N) is 2. The Bertz CT molecular complexity index is 337. The molecule has 0 unspecified atom stereocenters. The number of hydrogen-bond donors (Lipinski definition) is 1. The molecule has 0 atom stereocenters. The Labute approximate surface area is 107 Å². The third-order valence-electron chi connectivity index (χ3n) is 3.13. The van der Waals surface area contributed by atoms with Crippen LogP contribution < -0.4 is 5.73 Å². The van der Waals surface area contributed by atoms with E-state index in [1.165, 1.54) is 5.01 Å². The zero-order valence-electron chi connectivity index (χ0n) is 11.0. The van der Waals surface area contributed by atoms with Gasteiger partial charge in [0.15, 0.2) is 0 Å². The Morgan fingerprint density at radius 3 is 2.72 bits per heavy atom. The second kappa shape index (κ2) is 6.98. The average molecular weight is 255 g/mol. The summed E-state index contributed by atoms with van der Waals surface area (Å²) in [6.45, 7) is 5.08. The van der Waals surface area contributed by atoms with Crippen molar-refractivity contribution in [1.29, 1.82) is 0 Å². The van der Waals surface area contributed by atoms with Crippen molar-refractivity contribution >= 4 is 17.7 Å². The molecule has 0 radical (unpaired) electrons. The molecule has 0 aromatic carbocycles. The Kier molecular flexibility index (Phi) is 5.61. The maximum Gasteiger partial charge on any atom is 0.404 e. The number of amides is 2. The second-order valence-corrected chi connectivity index (χ2v) is 4.42. The van der Waals surface area contributed by atoms with Gasteiger partial charge in [0, 0.05) is 13.0 Å². The maximum atomic E-state index is 11.7. The summed E-state index contributed by atoms with van der Waals surface area (Å²) in [4.78, 5) is 22.1. The van der Waals surface area contributed by atoms with Gasteiger partial charge in [-0.25, -0.2) is 9.80 Å². The quantitative estimate of drug-likeness (QED) is 0.748. The Balaban J connectivity index is 2.43. The van der Waals surface area contributed by atoms with Gasteiger partial charge in [-0.1, -0.05) is 26.7 Å². The third kappa shape index (κ3) is 4.35. The SMILES string of the molecule is CCC(CC)CN1N=C(CCOC(N)=O)CC1=O. The fraction of sp³-hybridized carbons (Fsp3) is 0.750. The first-order valence-corrected chi connectivity index (χ1v) is 6.35. The van der Waals surface area contributed by atoms with Crippen LogP contribution in [0.15, 0.2) is 5.10 Å². The first kappa shape index (κ1) is 14.5. The fourth-order valence-electron chi connectivity index (χ4n) is 1.87. The smallest absolute Gasteiger partial charge is 0.404 e. The van der Waals surface area contributed by atoms with Crippen molar-refractivity contribution < 1.29 is 14.3 Å². The standard InChI is InChI=1S/C12H21N3O3/c1-3-9(4-2)8-15-11(16)7-10(14-15)5-6-18-12(13)17/h9H,3-8H2,1-2H3,(H2,13,17). The van der Waals surface area contributed by atoms with Crippen molar-refractivity contribution in [2.24, 2.45) is 16.8 Å². The predicted molar refractivity (Wildman–Crippen MR) is 68.0 cm³/mol. The number of nitrogens with two attached hydrogens (primary N) is 1. The topological polar surface area (TPSA) is 85.0 Å². The van der Waals surface area contributed by atoms with Gasteiger partial charge in [0.1, 0.15) is 0 Å². The van der Waals surface area contributed by atoms with E-state index in [9.17, 15) is 9.59 Å². The molecule has 6 nitrogen and oxygen atoms in total. The number of ether oxygens (including phenoxy) is 1. The van der Waals surface area contributed by atoms with Crippen LogP contribution in [0.4, 0.5) is 4.79 Å². The molecular formula is C12H21N3O3. The van der Waals surface area contributed by atoms with Crippen LogP contribution in [-0.4, -0.2) is 35.9 Å². The lowest BCUT2D eigenvalue weighted by Crippen LogP contribution is -2.26. The fourth-order valence-corrected chi connectivity index (χ4v) is 1.87. The molecule has 0 saturated heterocycles. The molecule has 18 heavy (non-hydrogen) atoms. The van der Waals surface area contributed by atoms with Crippen LogP contribution in [0.25, 0.3) is 0 Å². The minimum absolute atomic E-state index is 0.0241. The van der Waals surface area contributed by atoms with Gasteiger partial charge in [-0.05, 0) is 5.92 Å². The van der Waals surface area contributed by atoms with E-state index >= 15 is 0 Å². The van der Waals surface area contributed by atoms with Gasteiger partial charge in [-0.3, -0.25) is 4.79 Å². The van der Waals surface area contributed by atoms with Crippen LogP contribution >= 0.6 is 0 Å².